The van der Waals surface area contributed by atoms with Crippen LogP contribution < -0.4 is 14.4 Å². The van der Waals surface area contributed by atoms with Gasteiger partial charge in [-0.3, -0.25) is 9.47 Å². The molecule has 1 saturated heterocycles. The van der Waals surface area contributed by atoms with Gasteiger partial charge in [0.1, 0.15) is 24.4 Å². The Morgan fingerprint density at radius 3 is 2.50 bits per heavy atom. The molecule has 2 aliphatic heterocycles. The second kappa shape index (κ2) is 10.6. The van der Waals surface area contributed by atoms with Gasteiger partial charge < -0.3 is 24.5 Å². The minimum atomic E-state index is -4.57. The van der Waals surface area contributed by atoms with Gasteiger partial charge in [0.2, 0.25) is 0 Å². The molecule has 9 nitrogen and oxygen atoms in total. The summed E-state index contributed by atoms with van der Waals surface area (Å²) in [7, 11) is 1.87. The zero-order chi connectivity index (χ0) is 28.7. The third-order valence-corrected chi connectivity index (χ3v) is 7.39. The highest BCUT2D eigenvalue weighted by molar-refractivity contribution is 5.49. The number of imidazole rings is 1. The van der Waals surface area contributed by atoms with Crippen LogP contribution in [0.25, 0.3) is 0 Å². The number of nitrogens with zero attached hydrogens (tertiary/aromatic N) is 5. The number of fused-ring (bicyclic) bond motifs is 1. The van der Waals surface area contributed by atoms with E-state index < -0.39 is 28.1 Å². The van der Waals surface area contributed by atoms with E-state index >= 15 is 0 Å². The number of aromatic nitrogens is 2. The van der Waals surface area contributed by atoms with E-state index in [9.17, 15) is 27.7 Å². The van der Waals surface area contributed by atoms with Crippen molar-refractivity contribution in [2.75, 3.05) is 31.6 Å². The summed E-state index contributed by atoms with van der Waals surface area (Å²) >= 11 is 0. The highest BCUT2D eigenvalue weighted by Crippen LogP contribution is 2.33. The standard InChI is InChI=1S/C27H29F4N5O4/c1-26(16-35-15-24(36(37)38)32-25(35)40-26)17-39-22-7-5-21(6-8-22)34-11-9-20(10-12-34)33(2)14-18-3-4-19(13-23(18)28)27(29,30)31/h3-8,13,15,20H,9-12,14,16-17H2,1-2H3/t26-/m1/s1. The number of piperidine rings is 1. The van der Waals surface area contributed by atoms with Crippen LogP contribution in [0.15, 0.2) is 48.7 Å². The first kappa shape index (κ1) is 27.7. The van der Waals surface area contributed by atoms with Crippen LogP contribution in [0.4, 0.5) is 29.1 Å². The van der Waals surface area contributed by atoms with Gasteiger partial charge in [-0.2, -0.15) is 13.2 Å². The number of anilines is 1. The number of hydrogen-bond donors (Lipinski definition) is 0. The lowest BCUT2D eigenvalue weighted by Crippen LogP contribution is -2.43. The van der Waals surface area contributed by atoms with Gasteiger partial charge in [-0.15, -0.1) is 0 Å². The molecule has 0 bridgehead atoms. The maximum Gasteiger partial charge on any atom is 0.416 e. The van der Waals surface area contributed by atoms with Gasteiger partial charge in [0.25, 0.3) is 0 Å². The van der Waals surface area contributed by atoms with Crippen molar-refractivity contribution < 1.29 is 32.0 Å². The van der Waals surface area contributed by atoms with Gasteiger partial charge in [0, 0.05) is 41.9 Å². The molecule has 0 radical (unpaired) electrons. The predicted octanol–water partition coefficient (Wildman–Crippen LogP) is 5.28. The van der Waals surface area contributed by atoms with Gasteiger partial charge in [-0.25, -0.2) is 4.39 Å². The van der Waals surface area contributed by atoms with Crippen LogP contribution >= 0.6 is 0 Å². The van der Waals surface area contributed by atoms with Crippen LogP contribution in [0.1, 0.15) is 30.9 Å². The van der Waals surface area contributed by atoms with Crippen LogP contribution in [0.2, 0.25) is 0 Å². The molecule has 3 aromatic rings. The molecule has 0 N–H and O–H groups in total. The lowest BCUT2D eigenvalue weighted by atomic mass is 10.0. The smallest absolute Gasteiger partial charge is 0.416 e. The second-order valence-electron chi connectivity index (χ2n) is 10.5. The maximum atomic E-state index is 14.3. The van der Waals surface area contributed by atoms with Crippen LogP contribution in [0, 0.1) is 15.9 Å². The monoisotopic (exact) mass is 563 g/mol. The summed E-state index contributed by atoms with van der Waals surface area (Å²) in [6, 6.07) is 10.8. The Balaban J connectivity index is 1.09. The summed E-state index contributed by atoms with van der Waals surface area (Å²) in [5.41, 5.74) is -0.398. The number of ether oxygens (including phenoxy) is 2. The van der Waals surface area contributed by atoms with Crippen LogP contribution in [0.5, 0.6) is 11.8 Å². The molecule has 0 unspecified atom stereocenters. The first-order valence-electron chi connectivity index (χ1n) is 12.8. The molecule has 1 atom stereocenters. The van der Waals surface area contributed by atoms with Crippen molar-refractivity contribution in [3.63, 3.8) is 0 Å². The largest absolute Gasteiger partial charge is 0.489 e. The number of halogens is 4. The third kappa shape index (κ3) is 5.98. The fourth-order valence-corrected chi connectivity index (χ4v) is 5.16. The van der Waals surface area contributed by atoms with E-state index in [-0.39, 0.29) is 36.6 Å². The summed E-state index contributed by atoms with van der Waals surface area (Å²) in [6.07, 6.45) is -1.55. The maximum absolute atomic E-state index is 14.3. The highest BCUT2D eigenvalue weighted by atomic mass is 19.4. The Bertz CT molecular complexity index is 1350. The Hall–Kier alpha value is -3.87. The summed E-state index contributed by atoms with van der Waals surface area (Å²) in [5.74, 6) is -0.431. The quantitative estimate of drug-likeness (QED) is 0.209. The molecule has 0 spiro atoms. The Morgan fingerprint density at radius 2 is 1.90 bits per heavy atom. The van der Waals surface area contributed by atoms with Crippen molar-refractivity contribution in [2.45, 2.75) is 50.7 Å². The topological polar surface area (TPSA) is 85.9 Å². The fourth-order valence-electron chi connectivity index (χ4n) is 5.16. The van der Waals surface area contributed by atoms with E-state index in [4.69, 9.17) is 9.47 Å². The average Bonchev–Trinajstić information content (AvgIpc) is 3.44. The lowest BCUT2D eigenvalue weighted by Gasteiger charge is -2.38. The Labute approximate surface area is 228 Å². The lowest BCUT2D eigenvalue weighted by molar-refractivity contribution is -0.389. The van der Waals surface area contributed by atoms with Gasteiger partial charge in [0.15, 0.2) is 5.60 Å². The summed E-state index contributed by atoms with van der Waals surface area (Å²) in [5, 5.41) is 10.9. The molecule has 5 rings (SSSR count). The van der Waals surface area contributed by atoms with E-state index in [1.54, 1.807) is 4.57 Å². The molecule has 2 aliphatic rings. The molecule has 1 fully saturated rings. The number of alkyl halides is 3. The zero-order valence-corrected chi connectivity index (χ0v) is 22.0. The van der Waals surface area contributed by atoms with Crippen molar-refractivity contribution in [2.24, 2.45) is 0 Å². The minimum Gasteiger partial charge on any atom is -0.489 e. The first-order chi connectivity index (χ1) is 18.9. The van der Waals surface area contributed by atoms with Crippen molar-refractivity contribution in [1.29, 1.82) is 0 Å². The van der Waals surface area contributed by atoms with E-state index in [1.165, 1.54) is 12.3 Å². The Kier molecular flexibility index (Phi) is 7.34. The van der Waals surface area contributed by atoms with E-state index in [2.05, 4.69) is 9.88 Å². The molecule has 40 heavy (non-hydrogen) atoms. The van der Waals surface area contributed by atoms with Crippen LogP contribution in [0.3, 0.4) is 0 Å². The van der Waals surface area contributed by atoms with Gasteiger partial charge in [-0.05, 0) is 68.1 Å². The van der Waals surface area contributed by atoms with Crippen molar-refractivity contribution in [3.8, 4) is 11.8 Å². The first-order valence-corrected chi connectivity index (χ1v) is 12.8. The molecular weight excluding hydrogens is 534 g/mol. The molecule has 0 saturated carbocycles. The number of benzene rings is 2. The molecule has 0 amide bonds. The number of rotatable bonds is 8. The second-order valence-corrected chi connectivity index (χ2v) is 10.5. The average molecular weight is 564 g/mol. The SMILES string of the molecule is CN(Cc1ccc(C(F)(F)F)cc1F)C1CCN(c2ccc(OC[C@@]3(C)Cn4cc([N+](=O)[O-])nc4O3)cc2)CC1. The minimum absolute atomic E-state index is 0.184. The summed E-state index contributed by atoms with van der Waals surface area (Å²) < 4.78 is 66.1. The normalized spacial score (nSPS) is 19.5. The molecule has 1 aromatic heterocycles. The predicted molar refractivity (Wildman–Crippen MR) is 138 cm³/mol. The number of nitro groups is 1. The van der Waals surface area contributed by atoms with E-state index in [0.29, 0.717) is 18.4 Å². The number of hydrogen-bond acceptors (Lipinski definition) is 7. The third-order valence-electron chi connectivity index (χ3n) is 7.39. The van der Waals surface area contributed by atoms with Crippen LogP contribution in [-0.2, 0) is 19.3 Å². The summed E-state index contributed by atoms with van der Waals surface area (Å²) in [6.45, 7) is 4.29. The van der Waals surface area contributed by atoms with Gasteiger partial charge >= 0.3 is 18.0 Å². The van der Waals surface area contributed by atoms with Crippen molar-refractivity contribution in [1.82, 2.24) is 14.5 Å². The van der Waals surface area contributed by atoms with Gasteiger partial charge in [-0.1, -0.05) is 6.07 Å². The zero-order valence-electron chi connectivity index (χ0n) is 22.0. The molecule has 13 heteroatoms. The van der Waals surface area contributed by atoms with Crippen LogP contribution in [-0.4, -0.2) is 57.8 Å². The fraction of sp³-hybridized carbons (Fsp3) is 0.444. The molecular formula is C27H29F4N5O4. The van der Waals surface area contributed by atoms with Crippen molar-refractivity contribution >= 4 is 11.5 Å². The highest BCUT2D eigenvalue weighted by Gasteiger charge is 2.41. The van der Waals surface area contributed by atoms with Gasteiger partial charge in [0.05, 0.1) is 12.1 Å². The molecule has 2 aromatic carbocycles. The van der Waals surface area contributed by atoms with E-state index in [1.807, 2.05) is 43.1 Å². The summed E-state index contributed by atoms with van der Waals surface area (Å²) in [4.78, 5) is 18.4. The molecule has 214 valence electrons. The Morgan fingerprint density at radius 1 is 1.20 bits per heavy atom. The van der Waals surface area contributed by atoms with Crippen molar-refractivity contribution in [3.05, 3.63) is 75.7 Å². The van der Waals surface area contributed by atoms with E-state index in [0.717, 1.165) is 37.7 Å². The molecule has 3 heterocycles. The molecule has 0 aliphatic carbocycles.